The number of amides is 2. The summed E-state index contributed by atoms with van der Waals surface area (Å²) in [5.41, 5.74) is -0.515. The molecule has 0 aromatic heterocycles. The van der Waals surface area contributed by atoms with E-state index in [0.29, 0.717) is 11.8 Å². The van der Waals surface area contributed by atoms with Crippen LogP contribution < -0.4 is 10.6 Å². The van der Waals surface area contributed by atoms with Gasteiger partial charge in [0, 0.05) is 18.7 Å². The largest absolute Gasteiger partial charge is 0.444 e. The van der Waals surface area contributed by atoms with Gasteiger partial charge in [0.05, 0.1) is 0 Å². The quantitative estimate of drug-likeness (QED) is 0.784. The monoisotopic (exact) mass is 310 g/mol. The Morgan fingerprint density at radius 1 is 1.18 bits per heavy atom. The van der Waals surface area contributed by atoms with Crippen LogP contribution >= 0.6 is 0 Å². The first kappa shape index (κ1) is 18.5. The number of ether oxygens (including phenoxy) is 1. The van der Waals surface area contributed by atoms with Crippen LogP contribution in [0.1, 0.15) is 53.9 Å². The van der Waals surface area contributed by atoms with E-state index in [1.165, 1.54) is 25.3 Å². The number of rotatable bonds is 4. The van der Waals surface area contributed by atoms with E-state index in [1.807, 2.05) is 20.8 Å². The summed E-state index contributed by atoms with van der Waals surface area (Å²) < 4.78 is 5.11. The lowest BCUT2D eigenvalue weighted by Gasteiger charge is -2.34. The molecule has 126 valence electrons. The Morgan fingerprint density at radius 2 is 1.77 bits per heavy atom. The molecule has 0 heterocycles. The molecule has 2 atom stereocenters. The Labute approximate surface area is 133 Å². The second-order valence-electron chi connectivity index (χ2n) is 7.21. The van der Waals surface area contributed by atoms with Gasteiger partial charge in [-0.2, -0.15) is 0 Å². The zero-order valence-electron chi connectivity index (χ0n) is 14.4. The summed E-state index contributed by atoms with van der Waals surface area (Å²) in [7, 11) is 0. The van der Waals surface area contributed by atoms with Gasteiger partial charge in [0.1, 0.15) is 5.60 Å². The van der Waals surface area contributed by atoms with Gasteiger partial charge in [-0.15, -0.1) is 0 Å². The summed E-state index contributed by atoms with van der Waals surface area (Å²) in [6.45, 7) is 10.1. The molecule has 5 heteroatoms. The van der Waals surface area contributed by atoms with E-state index in [1.54, 1.807) is 6.08 Å². The van der Waals surface area contributed by atoms with Crippen molar-refractivity contribution >= 4 is 12.0 Å². The molecule has 5 nitrogen and oxygen atoms in total. The summed E-state index contributed by atoms with van der Waals surface area (Å²) in [4.78, 5) is 23.4. The number of nitrogens with one attached hydrogen (secondary N) is 2. The molecule has 0 spiro atoms. The van der Waals surface area contributed by atoms with Gasteiger partial charge in [0.2, 0.25) is 5.91 Å². The van der Waals surface area contributed by atoms with E-state index in [-0.39, 0.29) is 18.5 Å². The van der Waals surface area contributed by atoms with E-state index >= 15 is 0 Å². The third-order valence-corrected chi connectivity index (χ3v) is 3.89. The molecule has 0 aromatic rings. The van der Waals surface area contributed by atoms with Crippen LogP contribution in [0.3, 0.4) is 0 Å². The van der Waals surface area contributed by atoms with E-state index < -0.39 is 11.7 Å². The van der Waals surface area contributed by atoms with Crippen molar-refractivity contribution in [2.75, 3.05) is 6.54 Å². The van der Waals surface area contributed by atoms with Crippen molar-refractivity contribution in [1.29, 1.82) is 0 Å². The molecular weight excluding hydrogens is 280 g/mol. The first-order chi connectivity index (χ1) is 10.2. The molecule has 0 bridgehead atoms. The van der Waals surface area contributed by atoms with Gasteiger partial charge >= 0.3 is 6.09 Å². The van der Waals surface area contributed by atoms with Gasteiger partial charge in [0.25, 0.3) is 0 Å². The zero-order chi connectivity index (χ0) is 16.8. The number of hydrogen-bond donors (Lipinski definition) is 2. The molecule has 2 unspecified atom stereocenters. The van der Waals surface area contributed by atoms with Crippen molar-refractivity contribution in [3.63, 3.8) is 0 Å². The van der Waals surface area contributed by atoms with Gasteiger partial charge in [-0.3, -0.25) is 4.79 Å². The molecule has 0 aromatic carbocycles. The molecular formula is C17H30N2O3. The first-order valence-electron chi connectivity index (χ1n) is 8.13. The van der Waals surface area contributed by atoms with Crippen LogP contribution in [0, 0.1) is 11.8 Å². The second-order valence-corrected chi connectivity index (χ2v) is 7.21. The van der Waals surface area contributed by atoms with Crippen LogP contribution in [-0.2, 0) is 9.53 Å². The topological polar surface area (TPSA) is 67.4 Å². The van der Waals surface area contributed by atoms with Crippen LogP contribution in [0.25, 0.3) is 0 Å². The molecule has 0 saturated heterocycles. The van der Waals surface area contributed by atoms with Crippen molar-refractivity contribution in [2.45, 2.75) is 65.5 Å². The fourth-order valence-electron chi connectivity index (χ4n) is 2.80. The Kier molecular flexibility index (Phi) is 6.91. The van der Waals surface area contributed by atoms with Crippen molar-refractivity contribution < 1.29 is 14.3 Å². The SMILES string of the molecule is CC1CCCC(C)C1NC(=O)/C=C/CNC(=O)OC(C)(C)C. The van der Waals surface area contributed by atoms with Crippen LogP contribution in [-0.4, -0.2) is 30.2 Å². The lowest BCUT2D eigenvalue weighted by atomic mass is 9.79. The van der Waals surface area contributed by atoms with E-state index in [2.05, 4.69) is 24.5 Å². The van der Waals surface area contributed by atoms with E-state index in [0.717, 1.165) is 0 Å². The highest BCUT2D eigenvalue weighted by atomic mass is 16.6. The number of hydrogen-bond acceptors (Lipinski definition) is 3. The van der Waals surface area contributed by atoms with Crippen LogP contribution in [0.5, 0.6) is 0 Å². The molecule has 0 radical (unpaired) electrons. The van der Waals surface area contributed by atoms with Gasteiger partial charge in [-0.1, -0.05) is 26.3 Å². The maximum atomic E-state index is 11.9. The summed E-state index contributed by atoms with van der Waals surface area (Å²) in [5, 5.41) is 5.66. The van der Waals surface area contributed by atoms with Crippen molar-refractivity contribution in [2.24, 2.45) is 11.8 Å². The Bertz CT molecular complexity index is 403. The predicted octanol–water partition coefficient (Wildman–Crippen LogP) is 3.01. The van der Waals surface area contributed by atoms with Crippen molar-refractivity contribution in [3.05, 3.63) is 12.2 Å². The molecule has 1 saturated carbocycles. The minimum absolute atomic E-state index is 0.100. The lowest BCUT2D eigenvalue weighted by molar-refractivity contribution is -0.118. The lowest BCUT2D eigenvalue weighted by Crippen LogP contribution is -2.45. The Morgan fingerprint density at radius 3 is 2.32 bits per heavy atom. The highest BCUT2D eigenvalue weighted by molar-refractivity contribution is 5.87. The summed E-state index contributed by atoms with van der Waals surface area (Å²) in [6, 6.07) is 0.240. The summed E-state index contributed by atoms with van der Waals surface area (Å²) in [6.07, 6.45) is 6.21. The molecule has 2 amide bonds. The molecule has 1 rings (SSSR count). The van der Waals surface area contributed by atoms with Crippen LogP contribution in [0.4, 0.5) is 4.79 Å². The van der Waals surface area contributed by atoms with Gasteiger partial charge < -0.3 is 15.4 Å². The number of carbonyl (C=O) groups is 2. The van der Waals surface area contributed by atoms with Gasteiger partial charge in [-0.05, 0) is 45.4 Å². The fraction of sp³-hybridized carbons (Fsp3) is 0.765. The van der Waals surface area contributed by atoms with E-state index in [9.17, 15) is 9.59 Å². The van der Waals surface area contributed by atoms with Crippen molar-refractivity contribution in [1.82, 2.24) is 10.6 Å². The molecule has 1 aliphatic rings. The van der Waals surface area contributed by atoms with Gasteiger partial charge in [-0.25, -0.2) is 4.79 Å². The van der Waals surface area contributed by atoms with Crippen molar-refractivity contribution in [3.8, 4) is 0 Å². The predicted molar refractivity (Wildman–Crippen MR) is 87.5 cm³/mol. The Hall–Kier alpha value is -1.52. The summed E-state index contributed by atoms with van der Waals surface area (Å²) in [5.74, 6) is 0.929. The minimum atomic E-state index is -0.515. The number of carbonyl (C=O) groups excluding carboxylic acids is 2. The average Bonchev–Trinajstić information content (AvgIpc) is 2.37. The fourth-order valence-corrected chi connectivity index (χ4v) is 2.80. The molecule has 1 fully saturated rings. The second kappa shape index (κ2) is 8.20. The summed E-state index contributed by atoms with van der Waals surface area (Å²) >= 11 is 0. The maximum absolute atomic E-state index is 11.9. The Balaban J connectivity index is 2.31. The number of alkyl carbamates (subject to hydrolysis) is 1. The van der Waals surface area contributed by atoms with Crippen LogP contribution in [0.15, 0.2) is 12.2 Å². The van der Waals surface area contributed by atoms with Crippen LogP contribution in [0.2, 0.25) is 0 Å². The third kappa shape index (κ3) is 6.96. The first-order valence-corrected chi connectivity index (χ1v) is 8.13. The molecule has 22 heavy (non-hydrogen) atoms. The van der Waals surface area contributed by atoms with E-state index in [4.69, 9.17) is 4.74 Å². The maximum Gasteiger partial charge on any atom is 0.407 e. The minimum Gasteiger partial charge on any atom is -0.444 e. The average molecular weight is 310 g/mol. The normalized spacial score (nSPS) is 25.8. The highest BCUT2D eigenvalue weighted by Gasteiger charge is 2.28. The standard InChI is InChI=1S/C17H30N2O3/c1-12-8-6-9-13(2)15(12)19-14(20)10-7-11-18-16(21)22-17(3,4)5/h7,10,12-13,15H,6,8-9,11H2,1-5H3,(H,18,21)(H,19,20)/b10-7+. The molecule has 1 aliphatic carbocycles. The smallest absolute Gasteiger partial charge is 0.407 e. The van der Waals surface area contributed by atoms with Gasteiger partial charge in [0.15, 0.2) is 0 Å². The third-order valence-electron chi connectivity index (χ3n) is 3.89. The molecule has 2 N–H and O–H groups in total. The highest BCUT2D eigenvalue weighted by Crippen LogP contribution is 2.28. The zero-order valence-corrected chi connectivity index (χ0v) is 14.4. The molecule has 0 aliphatic heterocycles.